The zero-order valence-corrected chi connectivity index (χ0v) is 12.7. The molecule has 0 bridgehead atoms. The first kappa shape index (κ1) is 16.2. The van der Waals surface area contributed by atoms with E-state index in [1.54, 1.807) is 12.1 Å². The molecular weight excluding hydrogens is 329 g/mol. The lowest BCUT2D eigenvalue weighted by atomic mass is 10.2. The van der Waals surface area contributed by atoms with Crippen molar-refractivity contribution >= 4 is 11.6 Å². The van der Waals surface area contributed by atoms with Crippen LogP contribution in [0.1, 0.15) is 10.4 Å². The van der Waals surface area contributed by atoms with Crippen molar-refractivity contribution in [2.75, 3.05) is 5.32 Å². The van der Waals surface area contributed by atoms with Crippen molar-refractivity contribution in [3.8, 4) is 11.6 Å². The minimum absolute atomic E-state index is 0.246. The molecule has 3 aromatic rings. The van der Waals surface area contributed by atoms with Gasteiger partial charge in [0.25, 0.3) is 11.5 Å². The van der Waals surface area contributed by atoms with E-state index < -0.39 is 28.9 Å². The van der Waals surface area contributed by atoms with Crippen LogP contribution >= 0.6 is 0 Å². The smallest absolute Gasteiger partial charge is 0.335 e. The van der Waals surface area contributed by atoms with Crippen molar-refractivity contribution in [3.05, 3.63) is 86.8 Å². The Morgan fingerprint density at radius 3 is 2.48 bits per heavy atom. The second-order valence-electron chi connectivity index (χ2n) is 5.14. The maximum atomic E-state index is 12.9. The monoisotopic (exact) mass is 341 g/mol. The molecule has 0 aliphatic heterocycles. The van der Waals surface area contributed by atoms with Crippen molar-refractivity contribution in [2.45, 2.75) is 0 Å². The summed E-state index contributed by atoms with van der Waals surface area (Å²) < 4.78 is 13.8. The molecule has 0 fully saturated rings. The van der Waals surface area contributed by atoms with Gasteiger partial charge in [-0.1, -0.05) is 6.07 Å². The standard InChI is InChI=1S/C17H12FN3O4/c18-11-6-4-10(5-7-11)16(24)19-12-2-1-3-13(8-12)21-15(23)9-14(22)20-17(21)25/h1-9,23H,(H,19,24)(H,20,22,25). The van der Waals surface area contributed by atoms with Gasteiger partial charge in [-0.3, -0.25) is 14.6 Å². The van der Waals surface area contributed by atoms with Crippen LogP contribution in [-0.4, -0.2) is 20.6 Å². The lowest BCUT2D eigenvalue weighted by Crippen LogP contribution is -2.28. The number of anilines is 1. The van der Waals surface area contributed by atoms with Gasteiger partial charge in [-0.25, -0.2) is 13.8 Å². The Balaban J connectivity index is 1.92. The van der Waals surface area contributed by atoms with Crippen molar-refractivity contribution < 1.29 is 14.3 Å². The van der Waals surface area contributed by atoms with E-state index in [1.807, 2.05) is 4.98 Å². The fourth-order valence-corrected chi connectivity index (χ4v) is 2.26. The van der Waals surface area contributed by atoms with Crippen LogP contribution in [0, 0.1) is 5.82 Å². The molecule has 0 spiro atoms. The number of nitrogens with zero attached hydrogens (tertiary/aromatic N) is 1. The highest BCUT2D eigenvalue weighted by Gasteiger charge is 2.10. The summed E-state index contributed by atoms with van der Waals surface area (Å²) in [6, 6.07) is 12.0. The first-order valence-electron chi connectivity index (χ1n) is 7.17. The lowest BCUT2D eigenvalue weighted by molar-refractivity contribution is 0.102. The molecule has 0 saturated heterocycles. The fourth-order valence-electron chi connectivity index (χ4n) is 2.26. The summed E-state index contributed by atoms with van der Waals surface area (Å²) in [7, 11) is 0. The first-order chi connectivity index (χ1) is 11.9. The number of hydrogen-bond acceptors (Lipinski definition) is 4. The average Bonchev–Trinajstić information content (AvgIpc) is 2.55. The molecule has 1 amide bonds. The summed E-state index contributed by atoms with van der Waals surface area (Å²) >= 11 is 0. The van der Waals surface area contributed by atoms with Crippen molar-refractivity contribution in [1.29, 1.82) is 0 Å². The summed E-state index contributed by atoms with van der Waals surface area (Å²) in [5.41, 5.74) is -0.678. The Hall–Kier alpha value is -3.68. The molecule has 3 rings (SSSR count). The molecule has 3 N–H and O–H groups in total. The van der Waals surface area contributed by atoms with E-state index >= 15 is 0 Å². The highest BCUT2D eigenvalue weighted by Crippen LogP contribution is 2.17. The van der Waals surface area contributed by atoms with E-state index in [-0.39, 0.29) is 11.3 Å². The number of amides is 1. The Kier molecular flexibility index (Phi) is 4.17. The molecule has 126 valence electrons. The van der Waals surface area contributed by atoms with Gasteiger partial charge in [0.05, 0.1) is 11.8 Å². The first-order valence-corrected chi connectivity index (χ1v) is 7.17. The molecule has 1 heterocycles. The number of carbonyl (C=O) groups excluding carboxylic acids is 1. The van der Waals surface area contributed by atoms with Gasteiger partial charge in [-0.05, 0) is 42.5 Å². The number of aromatic hydroxyl groups is 1. The topological polar surface area (TPSA) is 104 Å². The number of aromatic amines is 1. The Morgan fingerprint density at radius 2 is 1.80 bits per heavy atom. The second-order valence-corrected chi connectivity index (χ2v) is 5.14. The molecule has 0 unspecified atom stereocenters. The van der Waals surface area contributed by atoms with E-state index in [9.17, 15) is 23.9 Å². The van der Waals surface area contributed by atoms with Crippen molar-refractivity contribution in [1.82, 2.24) is 9.55 Å². The molecule has 1 aromatic heterocycles. The van der Waals surface area contributed by atoms with Gasteiger partial charge in [0.2, 0.25) is 5.88 Å². The van der Waals surface area contributed by atoms with E-state index in [2.05, 4.69) is 5.32 Å². The molecule has 0 saturated carbocycles. The molecule has 2 aromatic carbocycles. The predicted octanol–water partition coefficient (Wildman–Crippen LogP) is 1.62. The zero-order chi connectivity index (χ0) is 18.0. The summed E-state index contributed by atoms with van der Waals surface area (Å²) in [6.07, 6.45) is 0. The zero-order valence-electron chi connectivity index (χ0n) is 12.7. The highest BCUT2D eigenvalue weighted by atomic mass is 19.1. The molecule has 0 aliphatic rings. The maximum absolute atomic E-state index is 12.9. The van der Waals surface area contributed by atoms with Crippen LogP contribution in [0.4, 0.5) is 10.1 Å². The number of hydrogen-bond donors (Lipinski definition) is 3. The van der Waals surface area contributed by atoms with Crippen molar-refractivity contribution in [2.24, 2.45) is 0 Å². The highest BCUT2D eigenvalue weighted by molar-refractivity contribution is 6.04. The minimum atomic E-state index is -0.813. The molecule has 8 heteroatoms. The number of aromatic nitrogens is 2. The number of nitrogens with one attached hydrogen (secondary N) is 2. The van der Waals surface area contributed by atoms with Gasteiger partial charge in [-0.2, -0.15) is 0 Å². The molecular formula is C17H12FN3O4. The van der Waals surface area contributed by atoms with Crippen LogP contribution in [-0.2, 0) is 0 Å². The quantitative estimate of drug-likeness (QED) is 0.673. The number of carbonyl (C=O) groups is 1. The van der Waals surface area contributed by atoms with Crippen LogP contribution in [0.5, 0.6) is 5.88 Å². The van der Waals surface area contributed by atoms with Gasteiger partial charge in [0.15, 0.2) is 0 Å². The predicted molar refractivity (Wildman–Crippen MR) is 88.7 cm³/mol. The van der Waals surface area contributed by atoms with Crippen LogP contribution in [0.2, 0.25) is 0 Å². The Labute approximate surface area is 140 Å². The molecule has 0 radical (unpaired) electrons. The summed E-state index contributed by atoms with van der Waals surface area (Å²) in [5.74, 6) is -1.45. The largest absolute Gasteiger partial charge is 0.494 e. The van der Waals surface area contributed by atoms with Crippen LogP contribution in [0.25, 0.3) is 5.69 Å². The average molecular weight is 341 g/mol. The van der Waals surface area contributed by atoms with Crippen LogP contribution in [0.3, 0.4) is 0 Å². The molecule has 7 nitrogen and oxygen atoms in total. The second kappa shape index (κ2) is 6.44. The third-order valence-electron chi connectivity index (χ3n) is 3.39. The summed E-state index contributed by atoms with van der Waals surface area (Å²) in [6.45, 7) is 0. The van der Waals surface area contributed by atoms with Gasteiger partial charge in [0, 0.05) is 11.3 Å². The lowest BCUT2D eigenvalue weighted by Gasteiger charge is -2.10. The summed E-state index contributed by atoms with van der Waals surface area (Å²) in [4.78, 5) is 37.2. The number of rotatable bonds is 3. The number of benzene rings is 2. The molecule has 0 aliphatic carbocycles. The third-order valence-corrected chi connectivity index (χ3v) is 3.39. The normalized spacial score (nSPS) is 10.4. The number of H-pyrrole nitrogens is 1. The maximum Gasteiger partial charge on any atom is 0.335 e. The fraction of sp³-hybridized carbons (Fsp3) is 0. The van der Waals surface area contributed by atoms with E-state index in [1.165, 1.54) is 36.4 Å². The SMILES string of the molecule is O=C(Nc1cccc(-n2c(O)cc(=O)[nH]c2=O)c1)c1ccc(F)cc1. The van der Waals surface area contributed by atoms with E-state index in [4.69, 9.17) is 0 Å². The van der Waals surface area contributed by atoms with Crippen LogP contribution < -0.4 is 16.6 Å². The number of halogens is 1. The Bertz CT molecular complexity index is 1050. The Morgan fingerprint density at radius 1 is 1.08 bits per heavy atom. The van der Waals surface area contributed by atoms with Gasteiger partial charge in [-0.15, -0.1) is 0 Å². The molecule has 25 heavy (non-hydrogen) atoms. The third kappa shape index (κ3) is 3.47. The van der Waals surface area contributed by atoms with E-state index in [0.29, 0.717) is 5.69 Å². The minimum Gasteiger partial charge on any atom is -0.494 e. The molecule has 0 atom stereocenters. The summed E-state index contributed by atoms with van der Waals surface area (Å²) in [5, 5.41) is 12.4. The van der Waals surface area contributed by atoms with Gasteiger partial charge < -0.3 is 10.4 Å². The van der Waals surface area contributed by atoms with E-state index in [0.717, 1.165) is 10.6 Å². The van der Waals surface area contributed by atoms with Gasteiger partial charge in [0.1, 0.15) is 5.82 Å². The van der Waals surface area contributed by atoms with Crippen molar-refractivity contribution in [3.63, 3.8) is 0 Å². The van der Waals surface area contributed by atoms with Crippen LogP contribution in [0.15, 0.2) is 64.2 Å². The van der Waals surface area contributed by atoms with Gasteiger partial charge >= 0.3 is 5.69 Å².